The third-order valence-electron chi connectivity index (χ3n) is 2.05. The summed E-state index contributed by atoms with van der Waals surface area (Å²) in [6.45, 7) is 1.83. The number of nitrogens with two attached hydrogens (primary N) is 1. The van der Waals surface area contributed by atoms with Gasteiger partial charge in [-0.2, -0.15) is 0 Å². The van der Waals surface area contributed by atoms with Crippen molar-refractivity contribution >= 4 is 33.1 Å². The molecule has 0 spiro atoms. The molecular formula is C8H17N3O3S2. The van der Waals surface area contributed by atoms with Gasteiger partial charge in [-0.15, -0.1) is 0 Å². The number of carbonyl (C=O) groups is 1. The Kier molecular flexibility index (Phi) is 6.46. The fourth-order valence-corrected chi connectivity index (χ4v) is 1.90. The first-order valence-corrected chi connectivity index (χ1v) is 6.88. The summed E-state index contributed by atoms with van der Waals surface area (Å²) < 4.78 is 24.2. The van der Waals surface area contributed by atoms with E-state index in [0.29, 0.717) is 6.42 Å². The van der Waals surface area contributed by atoms with Crippen molar-refractivity contribution in [3.8, 4) is 0 Å². The molecule has 0 bridgehead atoms. The standard InChI is InChI=1S/C8H17N3O3S2/c1-3-6(7(9)15)8(12)11-4-5-16(13,14)10-2/h6,10H,3-5H2,1-2H3,(H2,9,15)(H,11,12). The highest BCUT2D eigenvalue weighted by molar-refractivity contribution is 7.89. The highest BCUT2D eigenvalue weighted by Gasteiger charge is 2.19. The maximum absolute atomic E-state index is 11.5. The number of rotatable bonds is 7. The van der Waals surface area contributed by atoms with Gasteiger partial charge in [0.25, 0.3) is 0 Å². The molecule has 1 atom stereocenters. The van der Waals surface area contributed by atoms with Gasteiger partial charge in [0.1, 0.15) is 0 Å². The predicted octanol–water partition coefficient (Wildman–Crippen LogP) is -1.04. The summed E-state index contributed by atoms with van der Waals surface area (Å²) in [5, 5.41) is 2.48. The molecule has 1 amide bonds. The molecule has 0 aliphatic rings. The third kappa shape index (κ3) is 5.38. The molecule has 1 unspecified atom stereocenters. The Morgan fingerprint density at radius 1 is 1.50 bits per heavy atom. The number of hydrogen-bond acceptors (Lipinski definition) is 4. The average Bonchev–Trinajstić information content (AvgIpc) is 2.18. The van der Waals surface area contributed by atoms with Crippen LogP contribution < -0.4 is 15.8 Å². The molecule has 16 heavy (non-hydrogen) atoms. The molecule has 0 saturated heterocycles. The van der Waals surface area contributed by atoms with Crippen LogP contribution in [-0.4, -0.2) is 38.7 Å². The van der Waals surface area contributed by atoms with Crippen LogP contribution >= 0.6 is 12.2 Å². The van der Waals surface area contributed by atoms with E-state index in [4.69, 9.17) is 18.0 Å². The van der Waals surface area contributed by atoms with Gasteiger partial charge in [-0.25, -0.2) is 13.1 Å². The lowest BCUT2D eigenvalue weighted by molar-refractivity contribution is -0.122. The zero-order valence-corrected chi connectivity index (χ0v) is 11.0. The maximum Gasteiger partial charge on any atom is 0.229 e. The summed E-state index contributed by atoms with van der Waals surface area (Å²) in [5.41, 5.74) is 5.37. The number of sulfonamides is 1. The van der Waals surface area contributed by atoms with Crippen molar-refractivity contribution in [3.05, 3.63) is 0 Å². The van der Waals surface area contributed by atoms with Crippen molar-refractivity contribution in [2.24, 2.45) is 11.7 Å². The van der Waals surface area contributed by atoms with Crippen LogP contribution in [0.1, 0.15) is 13.3 Å². The number of nitrogens with one attached hydrogen (secondary N) is 2. The van der Waals surface area contributed by atoms with Gasteiger partial charge in [-0.3, -0.25) is 4.79 Å². The summed E-state index contributed by atoms with van der Waals surface area (Å²) in [6.07, 6.45) is 0.500. The molecule has 0 heterocycles. The van der Waals surface area contributed by atoms with Gasteiger partial charge in [0.05, 0.1) is 16.7 Å². The molecular weight excluding hydrogens is 250 g/mol. The molecule has 0 fully saturated rings. The van der Waals surface area contributed by atoms with Crippen molar-refractivity contribution in [3.63, 3.8) is 0 Å². The molecule has 4 N–H and O–H groups in total. The molecule has 0 aromatic carbocycles. The molecule has 0 radical (unpaired) electrons. The van der Waals surface area contributed by atoms with Crippen molar-refractivity contribution in [2.45, 2.75) is 13.3 Å². The highest BCUT2D eigenvalue weighted by Crippen LogP contribution is 2.02. The lowest BCUT2D eigenvalue weighted by Crippen LogP contribution is -2.40. The Morgan fingerprint density at radius 3 is 2.44 bits per heavy atom. The van der Waals surface area contributed by atoms with Gasteiger partial charge in [0.2, 0.25) is 15.9 Å². The Labute approximate surface area is 101 Å². The number of thiocarbonyl (C=S) groups is 1. The Balaban J connectivity index is 4.13. The smallest absolute Gasteiger partial charge is 0.229 e. The van der Waals surface area contributed by atoms with Crippen LogP contribution in [0.5, 0.6) is 0 Å². The lowest BCUT2D eigenvalue weighted by atomic mass is 10.1. The fraction of sp³-hybridized carbons (Fsp3) is 0.750. The molecule has 94 valence electrons. The predicted molar refractivity (Wildman–Crippen MR) is 66.4 cm³/mol. The first-order valence-electron chi connectivity index (χ1n) is 4.82. The van der Waals surface area contributed by atoms with Gasteiger partial charge in [-0.1, -0.05) is 19.1 Å². The summed E-state index contributed by atoms with van der Waals surface area (Å²) in [5.74, 6) is -1.03. The van der Waals surface area contributed by atoms with E-state index in [1.165, 1.54) is 7.05 Å². The summed E-state index contributed by atoms with van der Waals surface area (Å²) in [6, 6.07) is 0. The zero-order valence-electron chi connectivity index (χ0n) is 9.32. The van der Waals surface area contributed by atoms with Crippen molar-refractivity contribution in [2.75, 3.05) is 19.3 Å². The molecule has 8 heteroatoms. The van der Waals surface area contributed by atoms with E-state index >= 15 is 0 Å². The zero-order chi connectivity index (χ0) is 12.8. The van der Waals surface area contributed by atoms with Gasteiger partial charge >= 0.3 is 0 Å². The van der Waals surface area contributed by atoms with E-state index in [0.717, 1.165) is 0 Å². The van der Waals surface area contributed by atoms with Crippen LogP contribution in [0.25, 0.3) is 0 Å². The molecule has 6 nitrogen and oxygen atoms in total. The lowest BCUT2D eigenvalue weighted by Gasteiger charge is -2.13. The minimum Gasteiger partial charge on any atom is -0.393 e. The second kappa shape index (κ2) is 6.77. The van der Waals surface area contributed by atoms with Crippen LogP contribution in [0.3, 0.4) is 0 Å². The Morgan fingerprint density at radius 2 is 2.06 bits per heavy atom. The van der Waals surface area contributed by atoms with E-state index in [1.54, 1.807) is 6.92 Å². The summed E-state index contributed by atoms with van der Waals surface area (Å²) >= 11 is 4.73. The van der Waals surface area contributed by atoms with Crippen molar-refractivity contribution in [1.29, 1.82) is 0 Å². The second-order valence-corrected chi connectivity index (χ2v) is 5.69. The fourth-order valence-electron chi connectivity index (χ4n) is 1.05. The van der Waals surface area contributed by atoms with Crippen LogP contribution in [0.2, 0.25) is 0 Å². The first-order chi connectivity index (χ1) is 7.34. The highest BCUT2D eigenvalue weighted by atomic mass is 32.2. The van der Waals surface area contributed by atoms with Crippen LogP contribution in [0, 0.1) is 5.92 Å². The second-order valence-electron chi connectivity index (χ2n) is 3.18. The van der Waals surface area contributed by atoms with E-state index in [2.05, 4.69) is 10.0 Å². The summed E-state index contributed by atoms with van der Waals surface area (Å²) in [7, 11) is -1.98. The Bertz CT molecular complexity index is 354. The van der Waals surface area contributed by atoms with Crippen molar-refractivity contribution < 1.29 is 13.2 Å². The van der Waals surface area contributed by atoms with Crippen LogP contribution in [0.4, 0.5) is 0 Å². The molecule has 0 aliphatic carbocycles. The van der Waals surface area contributed by atoms with E-state index in [1.807, 2.05) is 0 Å². The Hall–Kier alpha value is -0.730. The molecule has 0 rings (SSSR count). The number of hydrogen-bond donors (Lipinski definition) is 3. The largest absolute Gasteiger partial charge is 0.393 e. The van der Waals surface area contributed by atoms with Gasteiger partial charge in [-0.05, 0) is 13.5 Å². The van der Waals surface area contributed by atoms with E-state index < -0.39 is 15.9 Å². The molecule has 0 aliphatic heterocycles. The quantitative estimate of drug-likeness (QED) is 0.512. The molecule has 0 aromatic rings. The minimum atomic E-state index is -3.30. The molecule has 0 saturated carbocycles. The summed E-state index contributed by atoms with van der Waals surface area (Å²) in [4.78, 5) is 11.6. The van der Waals surface area contributed by atoms with E-state index in [9.17, 15) is 13.2 Å². The third-order valence-corrected chi connectivity index (χ3v) is 3.70. The normalized spacial score (nSPS) is 13.1. The van der Waals surface area contributed by atoms with Gasteiger partial charge in [0, 0.05) is 6.54 Å². The average molecular weight is 267 g/mol. The SMILES string of the molecule is CCC(C(=O)NCCS(=O)(=O)NC)C(N)=S. The van der Waals surface area contributed by atoms with Gasteiger partial charge < -0.3 is 11.1 Å². The topological polar surface area (TPSA) is 101 Å². The first kappa shape index (κ1) is 15.3. The monoisotopic (exact) mass is 267 g/mol. The van der Waals surface area contributed by atoms with Gasteiger partial charge in [0.15, 0.2) is 0 Å². The molecule has 0 aromatic heterocycles. The van der Waals surface area contributed by atoms with Crippen LogP contribution in [-0.2, 0) is 14.8 Å². The number of amides is 1. The maximum atomic E-state index is 11.5. The van der Waals surface area contributed by atoms with E-state index in [-0.39, 0.29) is 23.2 Å². The van der Waals surface area contributed by atoms with Crippen molar-refractivity contribution in [1.82, 2.24) is 10.0 Å². The van der Waals surface area contributed by atoms with Crippen LogP contribution in [0.15, 0.2) is 0 Å². The minimum absolute atomic E-state index is 0.0428. The number of carbonyl (C=O) groups excluding carboxylic acids is 1.